The van der Waals surface area contributed by atoms with Crippen LogP contribution in [0.4, 0.5) is 0 Å². The molecular formula is C24H49N5O2. The first-order valence-corrected chi connectivity index (χ1v) is 12.5. The van der Waals surface area contributed by atoms with Gasteiger partial charge in [-0.3, -0.25) is 9.69 Å². The molecule has 2 heterocycles. The molecule has 2 aliphatic heterocycles. The zero-order valence-corrected chi connectivity index (χ0v) is 20.5. The first kappa shape index (κ1) is 28.2. The maximum atomic E-state index is 11.4. The maximum absolute atomic E-state index is 11.4. The van der Waals surface area contributed by atoms with Crippen LogP contribution in [0, 0.1) is 11.8 Å². The molecule has 2 rings (SSSR count). The van der Waals surface area contributed by atoms with Crippen molar-refractivity contribution in [2.45, 2.75) is 52.9 Å². The van der Waals surface area contributed by atoms with E-state index in [0.29, 0.717) is 12.3 Å². The SMILES string of the molecule is CC(C)C(=O)C(C)CCCCN.O=CCN1CCCN2CCNCCCN(CC1)CC2. The molecule has 0 radical (unpaired) electrons. The molecule has 0 amide bonds. The summed E-state index contributed by atoms with van der Waals surface area (Å²) < 4.78 is 0. The summed E-state index contributed by atoms with van der Waals surface area (Å²) in [7, 11) is 0. The Morgan fingerprint density at radius 3 is 2.26 bits per heavy atom. The molecule has 3 unspecified atom stereocenters. The van der Waals surface area contributed by atoms with Gasteiger partial charge in [-0.25, -0.2) is 0 Å². The minimum atomic E-state index is 0.179. The van der Waals surface area contributed by atoms with E-state index >= 15 is 0 Å². The summed E-state index contributed by atoms with van der Waals surface area (Å²) in [5.41, 5.74) is 5.37. The Bertz CT molecular complexity index is 475. The highest BCUT2D eigenvalue weighted by atomic mass is 16.1. The van der Waals surface area contributed by atoms with Gasteiger partial charge in [0.2, 0.25) is 0 Å². The third kappa shape index (κ3) is 13.3. The van der Waals surface area contributed by atoms with Crippen LogP contribution in [-0.2, 0) is 9.59 Å². The van der Waals surface area contributed by atoms with Gasteiger partial charge in [0.25, 0.3) is 0 Å². The van der Waals surface area contributed by atoms with Crippen molar-refractivity contribution in [3.8, 4) is 0 Å². The van der Waals surface area contributed by atoms with Gasteiger partial charge in [-0.05, 0) is 58.4 Å². The lowest BCUT2D eigenvalue weighted by atomic mass is 9.92. The zero-order chi connectivity index (χ0) is 22.9. The summed E-state index contributed by atoms with van der Waals surface area (Å²) in [5.74, 6) is 0.779. The minimum Gasteiger partial charge on any atom is -0.330 e. The molecule has 0 aromatic carbocycles. The molecule has 2 bridgehead atoms. The fraction of sp³-hybridized carbons (Fsp3) is 0.917. The number of nitrogens with zero attached hydrogens (tertiary/aromatic N) is 3. The first-order chi connectivity index (χ1) is 15.0. The molecule has 2 fully saturated rings. The van der Waals surface area contributed by atoms with Crippen LogP contribution in [0.25, 0.3) is 0 Å². The van der Waals surface area contributed by atoms with E-state index in [0.717, 1.165) is 77.9 Å². The van der Waals surface area contributed by atoms with E-state index in [1.165, 1.54) is 32.5 Å². The quantitative estimate of drug-likeness (QED) is 0.438. The second kappa shape index (κ2) is 17.7. The number of ketones is 1. The molecule has 31 heavy (non-hydrogen) atoms. The Hall–Kier alpha value is -0.860. The molecule has 3 atom stereocenters. The highest BCUT2D eigenvalue weighted by molar-refractivity contribution is 5.82. The number of rotatable bonds is 8. The molecule has 182 valence electrons. The largest absolute Gasteiger partial charge is 0.330 e. The van der Waals surface area contributed by atoms with Crippen molar-refractivity contribution in [1.29, 1.82) is 0 Å². The van der Waals surface area contributed by atoms with Gasteiger partial charge in [0.1, 0.15) is 12.1 Å². The van der Waals surface area contributed by atoms with Gasteiger partial charge in [0.15, 0.2) is 0 Å². The van der Waals surface area contributed by atoms with Crippen LogP contribution in [0.5, 0.6) is 0 Å². The van der Waals surface area contributed by atoms with E-state index in [1.54, 1.807) is 0 Å². The van der Waals surface area contributed by atoms with Crippen molar-refractivity contribution in [3.63, 3.8) is 0 Å². The predicted octanol–water partition coefficient (Wildman–Crippen LogP) is 1.46. The predicted molar refractivity (Wildman–Crippen MR) is 129 cm³/mol. The van der Waals surface area contributed by atoms with Gasteiger partial charge in [0, 0.05) is 51.1 Å². The molecule has 2 saturated heterocycles. The number of hydrogen-bond acceptors (Lipinski definition) is 7. The number of aldehydes is 1. The lowest BCUT2D eigenvalue weighted by molar-refractivity contribution is -0.125. The first-order valence-electron chi connectivity index (χ1n) is 12.5. The second-order valence-corrected chi connectivity index (χ2v) is 9.35. The molecule has 0 aromatic heterocycles. The Balaban J connectivity index is 0.000000348. The van der Waals surface area contributed by atoms with Gasteiger partial charge in [0.05, 0.1) is 6.54 Å². The number of unbranched alkanes of at least 4 members (excludes halogenated alkanes) is 1. The lowest BCUT2D eigenvalue weighted by Crippen LogP contribution is -2.46. The van der Waals surface area contributed by atoms with Crippen molar-refractivity contribution in [3.05, 3.63) is 0 Å². The molecule has 0 spiro atoms. The summed E-state index contributed by atoms with van der Waals surface area (Å²) in [6.07, 6.45) is 6.56. The van der Waals surface area contributed by atoms with Crippen molar-refractivity contribution >= 4 is 12.1 Å². The number of hydrogen-bond donors (Lipinski definition) is 2. The third-order valence-corrected chi connectivity index (χ3v) is 6.33. The van der Waals surface area contributed by atoms with Crippen molar-refractivity contribution in [2.75, 3.05) is 78.5 Å². The van der Waals surface area contributed by atoms with E-state index < -0.39 is 0 Å². The average molecular weight is 440 g/mol. The monoisotopic (exact) mass is 439 g/mol. The normalized spacial score (nSPS) is 24.7. The topological polar surface area (TPSA) is 81.9 Å². The van der Waals surface area contributed by atoms with Crippen LogP contribution >= 0.6 is 0 Å². The molecule has 7 heteroatoms. The average Bonchev–Trinajstić information content (AvgIpc) is 2.76. The fourth-order valence-electron chi connectivity index (χ4n) is 4.25. The van der Waals surface area contributed by atoms with Gasteiger partial charge >= 0.3 is 0 Å². The standard InChI is InChI=1S/C14H28N4O.C10H21NO/c19-14-13-18-7-2-6-16-8-4-15-3-1-5-17(10-9-16)11-12-18;1-8(2)10(12)9(3)6-4-5-7-11/h14-15H,1-13H2;8-9H,4-7,11H2,1-3H3. The number of fused-ring (bicyclic) bond motifs is 3. The lowest BCUT2D eigenvalue weighted by Gasteiger charge is -2.33. The van der Waals surface area contributed by atoms with Crippen molar-refractivity contribution in [2.24, 2.45) is 17.6 Å². The number of carbonyl (C=O) groups is 2. The zero-order valence-electron chi connectivity index (χ0n) is 20.5. The molecule has 7 nitrogen and oxygen atoms in total. The van der Waals surface area contributed by atoms with Crippen molar-refractivity contribution in [1.82, 2.24) is 20.0 Å². The van der Waals surface area contributed by atoms with Crippen LogP contribution < -0.4 is 11.1 Å². The maximum Gasteiger partial charge on any atom is 0.138 e. The summed E-state index contributed by atoms with van der Waals surface area (Å²) in [6.45, 7) is 18.5. The van der Waals surface area contributed by atoms with Gasteiger partial charge in [-0.2, -0.15) is 0 Å². The van der Waals surface area contributed by atoms with E-state index in [4.69, 9.17) is 5.73 Å². The second-order valence-electron chi connectivity index (χ2n) is 9.35. The number of nitrogens with two attached hydrogens (primary N) is 1. The summed E-state index contributed by atoms with van der Waals surface area (Å²) >= 11 is 0. The van der Waals surface area contributed by atoms with Crippen LogP contribution in [0.1, 0.15) is 52.9 Å². The molecule has 0 aliphatic carbocycles. The Morgan fingerprint density at radius 2 is 1.58 bits per heavy atom. The van der Waals surface area contributed by atoms with Gasteiger partial charge in [-0.1, -0.05) is 27.2 Å². The number of Topliss-reactive ketones (excluding diaryl/α,β-unsaturated/α-hetero) is 1. The Kier molecular flexibility index (Phi) is 16.1. The molecular weight excluding hydrogens is 390 g/mol. The van der Waals surface area contributed by atoms with Crippen LogP contribution in [0.2, 0.25) is 0 Å². The van der Waals surface area contributed by atoms with E-state index in [-0.39, 0.29) is 11.8 Å². The molecule has 2 aliphatic rings. The third-order valence-electron chi connectivity index (χ3n) is 6.33. The Labute approximate surface area is 191 Å². The Morgan fingerprint density at radius 1 is 0.903 bits per heavy atom. The minimum absolute atomic E-state index is 0.179. The van der Waals surface area contributed by atoms with Crippen LogP contribution in [0.15, 0.2) is 0 Å². The number of nitrogens with one attached hydrogen (secondary N) is 1. The van der Waals surface area contributed by atoms with Crippen molar-refractivity contribution < 1.29 is 9.59 Å². The van der Waals surface area contributed by atoms with E-state index in [2.05, 4.69) is 20.0 Å². The smallest absolute Gasteiger partial charge is 0.138 e. The van der Waals surface area contributed by atoms with E-state index in [9.17, 15) is 9.59 Å². The highest BCUT2D eigenvalue weighted by Gasteiger charge is 2.16. The molecule has 3 N–H and O–H groups in total. The van der Waals surface area contributed by atoms with Crippen LogP contribution in [0.3, 0.4) is 0 Å². The summed E-state index contributed by atoms with van der Waals surface area (Å²) in [5, 5.41) is 3.53. The molecule has 0 aromatic rings. The highest BCUT2D eigenvalue weighted by Crippen LogP contribution is 2.13. The summed E-state index contributed by atoms with van der Waals surface area (Å²) in [6, 6.07) is 0. The van der Waals surface area contributed by atoms with Gasteiger partial charge in [-0.15, -0.1) is 0 Å². The van der Waals surface area contributed by atoms with Gasteiger partial charge < -0.3 is 25.6 Å². The van der Waals surface area contributed by atoms with E-state index in [1.807, 2.05) is 20.8 Å². The summed E-state index contributed by atoms with van der Waals surface area (Å²) in [4.78, 5) is 29.6. The van der Waals surface area contributed by atoms with Crippen LogP contribution in [-0.4, -0.2) is 105 Å². The molecule has 0 saturated carbocycles. The number of carbonyl (C=O) groups excluding carboxylic acids is 2. The fourth-order valence-corrected chi connectivity index (χ4v) is 4.25.